The molecule has 0 saturated carbocycles. The van der Waals surface area contributed by atoms with Gasteiger partial charge in [-0.3, -0.25) is 4.99 Å². The van der Waals surface area contributed by atoms with Gasteiger partial charge < -0.3 is 19.8 Å². The van der Waals surface area contributed by atoms with Crippen LogP contribution in [0.3, 0.4) is 0 Å². The Bertz CT molecular complexity index is 1130. The van der Waals surface area contributed by atoms with Crippen molar-refractivity contribution in [3.63, 3.8) is 0 Å². The third-order valence-corrected chi connectivity index (χ3v) is 5.33. The highest BCUT2D eigenvalue weighted by Crippen LogP contribution is 2.15. The number of nitrogens with zero attached hydrogens (tertiary/aromatic N) is 5. The van der Waals surface area contributed by atoms with Crippen LogP contribution in [-0.2, 0) is 19.6 Å². The lowest BCUT2D eigenvalue weighted by Gasteiger charge is -2.13. The molecule has 0 aliphatic heterocycles. The Morgan fingerprint density at radius 2 is 1.81 bits per heavy atom. The van der Waals surface area contributed by atoms with Gasteiger partial charge in [-0.1, -0.05) is 36.4 Å². The van der Waals surface area contributed by atoms with Crippen molar-refractivity contribution in [1.29, 1.82) is 0 Å². The molecule has 0 bridgehead atoms. The van der Waals surface area contributed by atoms with Crippen molar-refractivity contribution in [3.8, 4) is 0 Å². The summed E-state index contributed by atoms with van der Waals surface area (Å²) in [5.41, 5.74) is 4.73. The minimum atomic E-state index is 0. The van der Waals surface area contributed by atoms with E-state index in [1.165, 1.54) is 16.6 Å². The summed E-state index contributed by atoms with van der Waals surface area (Å²) in [6.45, 7) is 5.40. The second kappa shape index (κ2) is 11.7. The highest BCUT2D eigenvalue weighted by molar-refractivity contribution is 14.0. The first kappa shape index (κ1) is 23.8. The Hall–Kier alpha value is -2.88. The number of halogens is 1. The molecule has 0 aliphatic rings. The molecule has 0 radical (unpaired) electrons. The summed E-state index contributed by atoms with van der Waals surface area (Å²) >= 11 is 0. The number of aromatic nitrogens is 4. The van der Waals surface area contributed by atoms with E-state index in [4.69, 9.17) is 0 Å². The minimum Gasteiger partial charge on any atom is -0.356 e. The van der Waals surface area contributed by atoms with Gasteiger partial charge in [0.15, 0.2) is 5.96 Å². The van der Waals surface area contributed by atoms with Gasteiger partial charge in [-0.05, 0) is 36.6 Å². The van der Waals surface area contributed by atoms with E-state index < -0.39 is 0 Å². The predicted molar refractivity (Wildman–Crippen MR) is 140 cm³/mol. The standard InChI is InChI=1S/C24H29N7.HI/c1-19-29-22-6-3-4-7-23(22)31(19)14-5-12-27-24(25-2)28-16-20-8-10-21(11-9-20)17-30-15-13-26-18-30;/h3-4,6-11,13,15,18H,5,12,14,16-17H2,1-2H3,(H2,25,27,28);1H. The van der Waals surface area contributed by atoms with Gasteiger partial charge in [-0.2, -0.15) is 0 Å². The Labute approximate surface area is 206 Å². The quantitative estimate of drug-likeness (QED) is 0.153. The summed E-state index contributed by atoms with van der Waals surface area (Å²) in [6, 6.07) is 16.9. The average molecular weight is 543 g/mol. The van der Waals surface area contributed by atoms with E-state index in [0.717, 1.165) is 49.9 Å². The summed E-state index contributed by atoms with van der Waals surface area (Å²) < 4.78 is 4.34. The van der Waals surface area contributed by atoms with Crippen molar-refractivity contribution >= 4 is 41.0 Å². The maximum atomic E-state index is 4.63. The van der Waals surface area contributed by atoms with Crippen LogP contribution in [-0.4, -0.2) is 38.7 Å². The first-order valence-corrected chi connectivity index (χ1v) is 10.6. The van der Waals surface area contributed by atoms with E-state index >= 15 is 0 Å². The van der Waals surface area contributed by atoms with E-state index in [1.54, 1.807) is 13.2 Å². The number of benzene rings is 2. The van der Waals surface area contributed by atoms with Crippen molar-refractivity contribution in [2.24, 2.45) is 4.99 Å². The van der Waals surface area contributed by atoms with Crippen molar-refractivity contribution in [2.45, 2.75) is 33.0 Å². The summed E-state index contributed by atoms with van der Waals surface area (Å²) in [5, 5.41) is 6.80. The summed E-state index contributed by atoms with van der Waals surface area (Å²) in [4.78, 5) is 13.1. The first-order valence-electron chi connectivity index (χ1n) is 10.6. The Morgan fingerprint density at radius 1 is 1.03 bits per heavy atom. The average Bonchev–Trinajstić information content (AvgIpc) is 3.41. The van der Waals surface area contributed by atoms with Crippen LogP contribution in [0.25, 0.3) is 11.0 Å². The molecule has 7 nitrogen and oxygen atoms in total. The summed E-state index contributed by atoms with van der Waals surface area (Å²) in [5.74, 6) is 1.87. The highest BCUT2D eigenvalue weighted by atomic mass is 127. The lowest BCUT2D eigenvalue weighted by molar-refractivity contribution is 0.624. The van der Waals surface area contributed by atoms with Crippen LogP contribution in [0, 0.1) is 6.92 Å². The molecule has 2 N–H and O–H groups in total. The number of aryl methyl sites for hydroxylation is 2. The van der Waals surface area contributed by atoms with Gasteiger partial charge in [0, 0.05) is 45.6 Å². The summed E-state index contributed by atoms with van der Waals surface area (Å²) in [7, 11) is 1.80. The number of rotatable bonds is 8. The van der Waals surface area contributed by atoms with Crippen molar-refractivity contribution in [2.75, 3.05) is 13.6 Å². The van der Waals surface area contributed by atoms with E-state index in [-0.39, 0.29) is 24.0 Å². The molecule has 2 aromatic carbocycles. The predicted octanol–water partition coefficient (Wildman–Crippen LogP) is 3.96. The fourth-order valence-corrected chi connectivity index (χ4v) is 3.68. The fourth-order valence-electron chi connectivity index (χ4n) is 3.68. The van der Waals surface area contributed by atoms with Crippen molar-refractivity contribution in [3.05, 3.63) is 84.2 Å². The van der Waals surface area contributed by atoms with Crippen LogP contribution < -0.4 is 10.6 Å². The lowest BCUT2D eigenvalue weighted by atomic mass is 10.1. The molecule has 0 saturated heterocycles. The molecule has 32 heavy (non-hydrogen) atoms. The molecule has 4 aromatic rings. The molecule has 168 valence electrons. The van der Waals surface area contributed by atoms with E-state index in [0.29, 0.717) is 0 Å². The second-order valence-electron chi connectivity index (χ2n) is 7.56. The number of imidazole rings is 2. The van der Waals surface area contributed by atoms with Gasteiger partial charge in [-0.15, -0.1) is 24.0 Å². The Morgan fingerprint density at radius 3 is 2.56 bits per heavy atom. The third kappa shape index (κ3) is 6.09. The van der Waals surface area contributed by atoms with Gasteiger partial charge in [0.1, 0.15) is 5.82 Å². The van der Waals surface area contributed by atoms with E-state index in [1.807, 2.05) is 18.6 Å². The molecular formula is C24H30IN7. The molecule has 0 spiro atoms. The van der Waals surface area contributed by atoms with Gasteiger partial charge >= 0.3 is 0 Å². The molecular weight excluding hydrogens is 513 g/mol. The molecule has 8 heteroatoms. The normalized spacial score (nSPS) is 11.4. The minimum absolute atomic E-state index is 0. The maximum absolute atomic E-state index is 4.63. The molecule has 0 fully saturated rings. The van der Waals surface area contributed by atoms with Crippen molar-refractivity contribution < 1.29 is 0 Å². The Balaban J connectivity index is 0.00000289. The number of hydrogen-bond donors (Lipinski definition) is 2. The SMILES string of the molecule is CN=C(NCCCn1c(C)nc2ccccc21)NCc1ccc(Cn2ccnc2)cc1.I. The number of aliphatic imine (C=N–C) groups is 1. The number of nitrogens with one attached hydrogen (secondary N) is 2. The van der Waals surface area contributed by atoms with Crippen molar-refractivity contribution in [1.82, 2.24) is 29.7 Å². The van der Waals surface area contributed by atoms with Crippen LogP contribution in [0.4, 0.5) is 0 Å². The largest absolute Gasteiger partial charge is 0.356 e. The zero-order valence-electron chi connectivity index (χ0n) is 18.5. The molecule has 0 unspecified atom stereocenters. The highest BCUT2D eigenvalue weighted by Gasteiger charge is 2.06. The molecule has 0 aliphatic carbocycles. The lowest BCUT2D eigenvalue weighted by Crippen LogP contribution is -2.37. The zero-order chi connectivity index (χ0) is 21.5. The number of hydrogen-bond acceptors (Lipinski definition) is 3. The van der Waals surface area contributed by atoms with Crippen LogP contribution in [0.5, 0.6) is 0 Å². The number of guanidine groups is 1. The Kier molecular flexibility index (Phi) is 8.66. The zero-order valence-corrected chi connectivity index (χ0v) is 20.9. The van der Waals surface area contributed by atoms with Gasteiger partial charge in [0.25, 0.3) is 0 Å². The monoisotopic (exact) mass is 543 g/mol. The topological polar surface area (TPSA) is 72.1 Å². The fraction of sp³-hybridized carbons (Fsp3) is 0.292. The van der Waals surface area contributed by atoms with Crippen LogP contribution in [0.15, 0.2) is 72.2 Å². The molecule has 2 aromatic heterocycles. The van der Waals surface area contributed by atoms with Crippen LogP contribution in [0.1, 0.15) is 23.4 Å². The van der Waals surface area contributed by atoms with Crippen LogP contribution >= 0.6 is 24.0 Å². The molecule has 2 heterocycles. The maximum Gasteiger partial charge on any atom is 0.191 e. The van der Waals surface area contributed by atoms with Gasteiger partial charge in [0.05, 0.1) is 17.4 Å². The second-order valence-corrected chi connectivity index (χ2v) is 7.56. The van der Waals surface area contributed by atoms with Gasteiger partial charge in [0.2, 0.25) is 0 Å². The van der Waals surface area contributed by atoms with E-state index in [9.17, 15) is 0 Å². The third-order valence-electron chi connectivity index (χ3n) is 5.33. The first-order chi connectivity index (χ1) is 15.2. The summed E-state index contributed by atoms with van der Waals surface area (Å²) in [6.07, 6.45) is 6.60. The number of para-hydroxylation sites is 2. The molecule has 4 rings (SSSR count). The van der Waals surface area contributed by atoms with E-state index in [2.05, 4.69) is 84.1 Å². The molecule has 0 amide bonds. The number of fused-ring (bicyclic) bond motifs is 1. The smallest absolute Gasteiger partial charge is 0.191 e. The van der Waals surface area contributed by atoms with Gasteiger partial charge in [-0.25, -0.2) is 9.97 Å². The van der Waals surface area contributed by atoms with Crippen LogP contribution in [0.2, 0.25) is 0 Å². The molecule has 0 atom stereocenters.